The Morgan fingerprint density at radius 2 is 2.08 bits per heavy atom. The number of hydrogen-bond acceptors (Lipinski definition) is 3. The predicted octanol–water partition coefficient (Wildman–Crippen LogP) is 0.449. The lowest BCUT2D eigenvalue weighted by Gasteiger charge is -1.93. The maximum atomic E-state index is 5.62. The van der Waals surface area contributed by atoms with Crippen molar-refractivity contribution in [1.82, 2.24) is 15.1 Å². The first kappa shape index (κ1) is 11.6. The SMILES string of the molecule is Cl.Cl.Cn1nc(N)c2c1CNC2. The fourth-order valence-electron chi connectivity index (χ4n) is 1.35. The minimum Gasteiger partial charge on any atom is -0.382 e. The summed E-state index contributed by atoms with van der Waals surface area (Å²) in [7, 11) is 1.92. The number of nitrogens with zero attached hydrogens (tertiary/aromatic N) is 2. The molecule has 1 aromatic rings. The molecule has 12 heavy (non-hydrogen) atoms. The standard InChI is InChI=1S/C6H10N4.2ClH/c1-10-5-3-8-2-4(5)6(7)9-10;;/h8H,2-3H2,1H3,(H2,7,9);2*1H. The van der Waals surface area contributed by atoms with Crippen LogP contribution in [0.1, 0.15) is 11.3 Å². The Bertz CT molecular complexity index is 246. The van der Waals surface area contributed by atoms with Crippen LogP contribution in [0.15, 0.2) is 0 Å². The van der Waals surface area contributed by atoms with Gasteiger partial charge in [0.25, 0.3) is 0 Å². The molecule has 70 valence electrons. The van der Waals surface area contributed by atoms with Crippen molar-refractivity contribution in [3.8, 4) is 0 Å². The first-order chi connectivity index (χ1) is 4.79. The third-order valence-electron chi connectivity index (χ3n) is 1.90. The fourth-order valence-corrected chi connectivity index (χ4v) is 1.35. The summed E-state index contributed by atoms with van der Waals surface area (Å²) < 4.78 is 1.84. The first-order valence-electron chi connectivity index (χ1n) is 3.30. The molecule has 4 nitrogen and oxygen atoms in total. The molecule has 6 heteroatoms. The summed E-state index contributed by atoms with van der Waals surface area (Å²) in [5, 5.41) is 7.30. The molecule has 0 spiro atoms. The second-order valence-electron chi connectivity index (χ2n) is 2.54. The number of rotatable bonds is 0. The van der Waals surface area contributed by atoms with E-state index in [4.69, 9.17) is 5.73 Å². The number of fused-ring (bicyclic) bond motifs is 1. The summed E-state index contributed by atoms with van der Waals surface area (Å²) >= 11 is 0. The lowest BCUT2D eigenvalue weighted by molar-refractivity contribution is 0.672. The van der Waals surface area contributed by atoms with Crippen LogP contribution in [0.5, 0.6) is 0 Å². The van der Waals surface area contributed by atoms with Gasteiger partial charge in [0.15, 0.2) is 0 Å². The van der Waals surface area contributed by atoms with Gasteiger partial charge in [-0.05, 0) is 0 Å². The molecule has 0 saturated carbocycles. The molecule has 1 aromatic heterocycles. The smallest absolute Gasteiger partial charge is 0.150 e. The van der Waals surface area contributed by atoms with Crippen LogP contribution in [-0.4, -0.2) is 9.78 Å². The van der Waals surface area contributed by atoms with Crippen LogP contribution in [-0.2, 0) is 20.1 Å². The Morgan fingerprint density at radius 3 is 2.67 bits per heavy atom. The fraction of sp³-hybridized carbons (Fsp3) is 0.500. The van der Waals surface area contributed by atoms with E-state index in [2.05, 4.69) is 10.4 Å². The molecule has 0 aliphatic carbocycles. The van der Waals surface area contributed by atoms with Crippen molar-refractivity contribution in [1.29, 1.82) is 0 Å². The highest BCUT2D eigenvalue weighted by Gasteiger charge is 2.17. The summed E-state index contributed by atoms with van der Waals surface area (Å²) in [6, 6.07) is 0. The zero-order chi connectivity index (χ0) is 7.14. The van der Waals surface area contributed by atoms with Gasteiger partial charge in [-0.25, -0.2) is 0 Å². The summed E-state index contributed by atoms with van der Waals surface area (Å²) in [5.74, 6) is 0.669. The Hall–Kier alpha value is -0.450. The van der Waals surface area contributed by atoms with Gasteiger partial charge >= 0.3 is 0 Å². The average Bonchev–Trinajstić information content (AvgIpc) is 2.39. The highest BCUT2D eigenvalue weighted by molar-refractivity contribution is 5.85. The lowest BCUT2D eigenvalue weighted by atomic mass is 10.3. The van der Waals surface area contributed by atoms with Crippen LogP contribution in [0.3, 0.4) is 0 Å². The maximum Gasteiger partial charge on any atom is 0.150 e. The molecule has 0 amide bonds. The van der Waals surface area contributed by atoms with E-state index >= 15 is 0 Å². The molecule has 0 fully saturated rings. The van der Waals surface area contributed by atoms with Crippen LogP contribution < -0.4 is 11.1 Å². The first-order valence-corrected chi connectivity index (χ1v) is 3.30. The number of nitrogens with one attached hydrogen (secondary N) is 1. The zero-order valence-electron chi connectivity index (χ0n) is 6.70. The number of nitrogen functional groups attached to an aromatic ring is 1. The van der Waals surface area contributed by atoms with E-state index in [1.807, 2.05) is 11.7 Å². The van der Waals surface area contributed by atoms with Crippen LogP contribution in [0.4, 0.5) is 5.82 Å². The number of anilines is 1. The molecular formula is C6H12Cl2N4. The molecule has 0 radical (unpaired) electrons. The highest BCUT2D eigenvalue weighted by Crippen LogP contribution is 2.19. The third kappa shape index (κ3) is 1.50. The van der Waals surface area contributed by atoms with Gasteiger partial charge in [-0.15, -0.1) is 24.8 Å². The van der Waals surface area contributed by atoms with Gasteiger partial charge in [0.05, 0.1) is 5.69 Å². The van der Waals surface area contributed by atoms with Crippen molar-refractivity contribution in [2.45, 2.75) is 13.1 Å². The molecule has 0 bridgehead atoms. The van der Waals surface area contributed by atoms with Gasteiger partial charge < -0.3 is 11.1 Å². The Labute approximate surface area is 83.3 Å². The lowest BCUT2D eigenvalue weighted by Crippen LogP contribution is -2.06. The van der Waals surface area contributed by atoms with Crippen molar-refractivity contribution in [3.63, 3.8) is 0 Å². The van der Waals surface area contributed by atoms with Gasteiger partial charge in [0, 0.05) is 25.7 Å². The van der Waals surface area contributed by atoms with Gasteiger partial charge in [0.2, 0.25) is 0 Å². The normalized spacial score (nSPS) is 13.1. The number of aryl methyl sites for hydroxylation is 1. The monoisotopic (exact) mass is 210 g/mol. The van der Waals surface area contributed by atoms with Gasteiger partial charge in [-0.3, -0.25) is 4.68 Å². The van der Waals surface area contributed by atoms with Crippen LogP contribution in [0.2, 0.25) is 0 Å². The van der Waals surface area contributed by atoms with E-state index in [0.29, 0.717) is 5.82 Å². The van der Waals surface area contributed by atoms with E-state index in [1.165, 1.54) is 11.3 Å². The molecular weight excluding hydrogens is 199 g/mol. The molecule has 0 saturated heterocycles. The highest BCUT2D eigenvalue weighted by atomic mass is 35.5. The van der Waals surface area contributed by atoms with Crippen LogP contribution in [0, 0.1) is 0 Å². The minimum atomic E-state index is 0. The molecule has 3 N–H and O–H groups in total. The van der Waals surface area contributed by atoms with Crippen molar-refractivity contribution in [2.24, 2.45) is 7.05 Å². The summed E-state index contributed by atoms with van der Waals surface area (Å²) in [6.45, 7) is 1.77. The largest absolute Gasteiger partial charge is 0.382 e. The van der Waals surface area contributed by atoms with E-state index in [0.717, 1.165) is 13.1 Å². The molecule has 0 atom stereocenters. The van der Waals surface area contributed by atoms with Crippen molar-refractivity contribution < 1.29 is 0 Å². The maximum absolute atomic E-state index is 5.62. The topological polar surface area (TPSA) is 55.9 Å². The second-order valence-corrected chi connectivity index (χ2v) is 2.54. The van der Waals surface area contributed by atoms with Crippen molar-refractivity contribution in [2.75, 3.05) is 5.73 Å². The number of nitrogens with two attached hydrogens (primary N) is 1. The number of aromatic nitrogens is 2. The molecule has 2 heterocycles. The van der Waals surface area contributed by atoms with E-state index in [-0.39, 0.29) is 24.8 Å². The zero-order valence-corrected chi connectivity index (χ0v) is 8.34. The predicted molar refractivity (Wildman–Crippen MR) is 52.7 cm³/mol. The minimum absolute atomic E-state index is 0. The summed E-state index contributed by atoms with van der Waals surface area (Å²) in [5.41, 5.74) is 8.01. The number of hydrogen-bond donors (Lipinski definition) is 2. The Balaban J connectivity index is 0.000000605. The molecule has 1 aliphatic heterocycles. The van der Waals surface area contributed by atoms with E-state index in [1.54, 1.807) is 0 Å². The quantitative estimate of drug-likeness (QED) is 0.655. The van der Waals surface area contributed by atoms with Gasteiger partial charge in [-0.2, -0.15) is 5.10 Å². The average molecular weight is 211 g/mol. The summed E-state index contributed by atoms with van der Waals surface area (Å²) in [6.07, 6.45) is 0. The molecule has 2 rings (SSSR count). The number of halogens is 2. The Kier molecular flexibility index (Phi) is 3.83. The third-order valence-corrected chi connectivity index (χ3v) is 1.90. The van der Waals surface area contributed by atoms with E-state index < -0.39 is 0 Å². The second kappa shape index (κ2) is 3.98. The van der Waals surface area contributed by atoms with Gasteiger partial charge in [0.1, 0.15) is 5.82 Å². The molecule has 1 aliphatic rings. The van der Waals surface area contributed by atoms with Crippen LogP contribution >= 0.6 is 24.8 Å². The van der Waals surface area contributed by atoms with Crippen molar-refractivity contribution in [3.05, 3.63) is 11.3 Å². The molecule has 0 aromatic carbocycles. The van der Waals surface area contributed by atoms with Gasteiger partial charge in [-0.1, -0.05) is 0 Å². The summed E-state index contributed by atoms with van der Waals surface area (Å²) in [4.78, 5) is 0. The van der Waals surface area contributed by atoms with Crippen molar-refractivity contribution >= 4 is 30.6 Å². The molecule has 0 unspecified atom stereocenters. The van der Waals surface area contributed by atoms with Crippen LogP contribution in [0.25, 0.3) is 0 Å². The van der Waals surface area contributed by atoms with E-state index in [9.17, 15) is 0 Å². The Morgan fingerprint density at radius 1 is 1.42 bits per heavy atom.